The molecule has 0 aliphatic rings. The fraction of sp³-hybridized carbons (Fsp3) is 0.417. The number of para-hydroxylation sites is 1. The second kappa shape index (κ2) is 4.12. The van der Waals surface area contributed by atoms with Crippen LogP contribution in [0.3, 0.4) is 0 Å². The van der Waals surface area contributed by atoms with Crippen molar-refractivity contribution in [3.8, 4) is 0 Å². The summed E-state index contributed by atoms with van der Waals surface area (Å²) in [4.78, 5) is 4.06. The van der Waals surface area contributed by atoms with Crippen LogP contribution >= 0.6 is 0 Å². The number of nitrogens with two attached hydrogens (primary N) is 1. The number of rotatable bonds is 3. The highest BCUT2D eigenvalue weighted by Crippen LogP contribution is 2.21. The Kier molecular flexibility index (Phi) is 2.81. The maximum Gasteiger partial charge on any atom is 0.201 e. The van der Waals surface area contributed by atoms with E-state index in [9.17, 15) is 4.39 Å². The van der Waals surface area contributed by atoms with Gasteiger partial charge in [0.2, 0.25) is 5.95 Å². The average molecular weight is 221 g/mol. The van der Waals surface area contributed by atoms with Gasteiger partial charge in [-0.2, -0.15) is 0 Å². The van der Waals surface area contributed by atoms with Crippen LogP contribution in [0.15, 0.2) is 18.2 Å². The van der Waals surface area contributed by atoms with Gasteiger partial charge in [-0.25, -0.2) is 9.37 Å². The van der Waals surface area contributed by atoms with Gasteiger partial charge in [-0.1, -0.05) is 19.9 Å². The lowest BCUT2D eigenvalue weighted by atomic mass is 10.1. The van der Waals surface area contributed by atoms with Gasteiger partial charge in [0.05, 0.1) is 5.52 Å². The second-order valence-corrected chi connectivity index (χ2v) is 4.41. The highest BCUT2D eigenvalue weighted by molar-refractivity contribution is 5.78. The Morgan fingerprint density at radius 2 is 2.19 bits per heavy atom. The zero-order chi connectivity index (χ0) is 11.7. The van der Waals surface area contributed by atoms with Gasteiger partial charge >= 0.3 is 0 Å². The normalized spacial score (nSPS) is 11.5. The number of nitrogen functional groups attached to an aromatic ring is 1. The molecule has 1 aromatic carbocycles. The summed E-state index contributed by atoms with van der Waals surface area (Å²) in [5.41, 5.74) is 6.93. The van der Waals surface area contributed by atoms with E-state index in [0.29, 0.717) is 17.4 Å². The van der Waals surface area contributed by atoms with Gasteiger partial charge in [-0.3, -0.25) is 0 Å². The molecular formula is C12H16FN3. The standard InChI is InChI=1S/C12H16FN3/c1-8(2)6-7-16-10-5-3-4-9(13)11(10)15-12(16)14/h3-5,8H,6-7H2,1-2H3,(H2,14,15). The van der Waals surface area contributed by atoms with Crippen LogP contribution < -0.4 is 5.73 Å². The predicted molar refractivity (Wildman–Crippen MR) is 63.6 cm³/mol. The lowest BCUT2D eigenvalue weighted by Crippen LogP contribution is -2.05. The molecule has 0 aliphatic carbocycles. The van der Waals surface area contributed by atoms with Crippen molar-refractivity contribution in [2.75, 3.05) is 5.73 Å². The summed E-state index contributed by atoms with van der Waals surface area (Å²) >= 11 is 0. The summed E-state index contributed by atoms with van der Waals surface area (Å²) in [6.45, 7) is 5.08. The molecule has 16 heavy (non-hydrogen) atoms. The molecule has 0 bridgehead atoms. The summed E-state index contributed by atoms with van der Waals surface area (Å²) in [6, 6.07) is 4.94. The molecule has 0 saturated heterocycles. The first-order valence-corrected chi connectivity index (χ1v) is 5.50. The fourth-order valence-corrected chi connectivity index (χ4v) is 1.75. The SMILES string of the molecule is CC(C)CCn1c(N)nc2c(F)cccc21. The third kappa shape index (κ3) is 1.87. The average Bonchev–Trinajstić information content (AvgIpc) is 2.53. The van der Waals surface area contributed by atoms with Gasteiger partial charge < -0.3 is 10.3 Å². The van der Waals surface area contributed by atoms with E-state index in [1.165, 1.54) is 6.07 Å². The van der Waals surface area contributed by atoms with E-state index < -0.39 is 0 Å². The molecule has 0 unspecified atom stereocenters. The number of anilines is 1. The molecule has 4 heteroatoms. The molecular weight excluding hydrogens is 205 g/mol. The third-order valence-corrected chi connectivity index (χ3v) is 2.69. The minimum absolute atomic E-state index is 0.313. The molecule has 0 amide bonds. The van der Waals surface area contributed by atoms with Crippen LogP contribution in [0.5, 0.6) is 0 Å². The summed E-state index contributed by atoms with van der Waals surface area (Å²) < 4.78 is 15.3. The Labute approximate surface area is 94.1 Å². The smallest absolute Gasteiger partial charge is 0.201 e. The highest BCUT2D eigenvalue weighted by Gasteiger charge is 2.11. The molecule has 0 aliphatic heterocycles. The summed E-state index contributed by atoms with van der Waals surface area (Å²) in [5.74, 6) is 0.665. The topological polar surface area (TPSA) is 43.8 Å². The lowest BCUT2D eigenvalue weighted by molar-refractivity contribution is 0.526. The molecule has 86 valence electrons. The van der Waals surface area contributed by atoms with E-state index in [1.54, 1.807) is 6.07 Å². The van der Waals surface area contributed by atoms with Crippen LogP contribution in [-0.2, 0) is 6.54 Å². The number of nitrogens with zero attached hydrogens (tertiary/aromatic N) is 2. The van der Waals surface area contributed by atoms with Crippen molar-refractivity contribution in [1.82, 2.24) is 9.55 Å². The quantitative estimate of drug-likeness (QED) is 0.866. The molecule has 3 nitrogen and oxygen atoms in total. The number of benzene rings is 1. The van der Waals surface area contributed by atoms with Crippen LogP contribution in [0, 0.1) is 11.7 Å². The molecule has 2 aromatic rings. The molecule has 2 rings (SSSR count). The van der Waals surface area contributed by atoms with Crippen molar-refractivity contribution in [2.45, 2.75) is 26.8 Å². The summed E-state index contributed by atoms with van der Waals surface area (Å²) in [5, 5.41) is 0. The maximum absolute atomic E-state index is 13.4. The van der Waals surface area contributed by atoms with E-state index in [2.05, 4.69) is 18.8 Å². The first-order valence-electron chi connectivity index (χ1n) is 5.50. The number of halogens is 1. The maximum atomic E-state index is 13.4. The number of hydrogen-bond acceptors (Lipinski definition) is 2. The van der Waals surface area contributed by atoms with Crippen molar-refractivity contribution in [3.63, 3.8) is 0 Å². The number of fused-ring (bicyclic) bond motifs is 1. The minimum atomic E-state index is -0.313. The largest absolute Gasteiger partial charge is 0.369 e. The van der Waals surface area contributed by atoms with E-state index in [0.717, 1.165) is 18.5 Å². The zero-order valence-electron chi connectivity index (χ0n) is 9.57. The number of imidazole rings is 1. The number of aryl methyl sites for hydroxylation is 1. The van der Waals surface area contributed by atoms with Crippen LogP contribution in [0.25, 0.3) is 11.0 Å². The van der Waals surface area contributed by atoms with Crippen molar-refractivity contribution in [3.05, 3.63) is 24.0 Å². The van der Waals surface area contributed by atoms with Gasteiger partial charge in [0.15, 0.2) is 5.82 Å². The van der Waals surface area contributed by atoms with Crippen LogP contribution in [0.4, 0.5) is 10.3 Å². The summed E-state index contributed by atoms with van der Waals surface area (Å²) in [6.07, 6.45) is 1.01. The Hall–Kier alpha value is -1.58. The monoisotopic (exact) mass is 221 g/mol. The van der Waals surface area contributed by atoms with Crippen molar-refractivity contribution >= 4 is 17.0 Å². The third-order valence-electron chi connectivity index (χ3n) is 2.69. The molecule has 1 aromatic heterocycles. The highest BCUT2D eigenvalue weighted by atomic mass is 19.1. The predicted octanol–water partition coefficient (Wildman–Crippen LogP) is 2.80. The summed E-state index contributed by atoms with van der Waals surface area (Å²) in [7, 11) is 0. The van der Waals surface area contributed by atoms with Crippen molar-refractivity contribution in [2.24, 2.45) is 5.92 Å². The van der Waals surface area contributed by atoms with E-state index in [-0.39, 0.29) is 5.82 Å². The first-order chi connectivity index (χ1) is 7.59. The Morgan fingerprint density at radius 1 is 1.44 bits per heavy atom. The molecule has 0 radical (unpaired) electrons. The van der Waals surface area contributed by atoms with E-state index in [4.69, 9.17) is 5.73 Å². The molecule has 2 N–H and O–H groups in total. The molecule has 0 atom stereocenters. The van der Waals surface area contributed by atoms with Crippen LogP contribution in [0.2, 0.25) is 0 Å². The minimum Gasteiger partial charge on any atom is -0.369 e. The molecule has 0 fully saturated rings. The zero-order valence-corrected chi connectivity index (χ0v) is 9.57. The molecule has 1 heterocycles. The van der Waals surface area contributed by atoms with Crippen molar-refractivity contribution in [1.29, 1.82) is 0 Å². The number of aromatic nitrogens is 2. The van der Waals surface area contributed by atoms with E-state index in [1.807, 2.05) is 10.6 Å². The Morgan fingerprint density at radius 3 is 2.88 bits per heavy atom. The van der Waals surface area contributed by atoms with Crippen LogP contribution in [0.1, 0.15) is 20.3 Å². The molecule has 0 saturated carbocycles. The van der Waals surface area contributed by atoms with Crippen molar-refractivity contribution < 1.29 is 4.39 Å². The first kappa shape index (κ1) is 10.9. The molecule has 0 spiro atoms. The van der Waals surface area contributed by atoms with Gasteiger partial charge in [-0.05, 0) is 24.5 Å². The Bertz CT molecular complexity index is 502. The van der Waals surface area contributed by atoms with Gasteiger partial charge in [0, 0.05) is 6.54 Å². The van der Waals surface area contributed by atoms with Gasteiger partial charge in [0.25, 0.3) is 0 Å². The number of hydrogen-bond donors (Lipinski definition) is 1. The second-order valence-electron chi connectivity index (χ2n) is 4.41. The van der Waals surface area contributed by atoms with E-state index >= 15 is 0 Å². The van der Waals surface area contributed by atoms with Gasteiger partial charge in [-0.15, -0.1) is 0 Å². The Balaban J connectivity index is 2.44. The van der Waals surface area contributed by atoms with Gasteiger partial charge in [0.1, 0.15) is 5.52 Å². The fourth-order valence-electron chi connectivity index (χ4n) is 1.75. The lowest BCUT2D eigenvalue weighted by Gasteiger charge is -2.08. The van der Waals surface area contributed by atoms with Crippen LogP contribution in [-0.4, -0.2) is 9.55 Å².